The van der Waals surface area contributed by atoms with Crippen LogP contribution < -0.4 is 0 Å². The van der Waals surface area contributed by atoms with Gasteiger partial charge in [0.15, 0.2) is 11.9 Å². The van der Waals surface area contributed by atoms with Gasteiger partial charge >= 0.3 is 5.97 Å². The zero-order valence-corrected chi connectivity index (χ0v) is 18.6. The van der Waals surface area contributed by atoms with Crippen LogP contribution in [0.4, 0.5) is 0 Å². The zero-order valence-electron chi connectivity index (χ0n) is 18.6. The number of carbonyl (C=O) groups excluding carboxylic acids is 1. The monoisotopic (exact) mass is 410 g/mol. The number of fused-ring (bicyclic) bond motifs is 2. The number of hydrogen-bond acceptors (Lipinski definition) is 6. The topological polar surface area (TPSA) is 63.2 Å². The van der Waals surface area contributed by atoms with Crippen molar-refractivity contribution in [3.8, 4) is 0 Å². The van der Waals surface area contributed by atoms with Crippen molar-refractivity contribution in [2.45, 2.75) is 110 Å². The molecule has 0 aromatic heterocycles. The lowest BCUT2D eigenvalue weighted by molar-refractivity contribution is -0.576. The fourth-order valence-corrected chi connectivity index (χ4v) is 6.29. The van der Waals surface area contributed by atoms with E-state index in [1.54, 1.807) is 0 Å². The first-order valence-electron chi connectivity index (χ1n) is 11.7. The third-order valence-corrected chi connectivity index (χ3v) is 7.94. The maximum Gasteiger partial charge on any atom is 0.311 e. The number of carbonyl (C=O) groups is 1. The van der Waals surface area contributed by atoms with Gasteiger partial charge in [-0.3, -0.25) is 4.79 Å². The molecule has 5 aliphatic rings. The standard InChI is InChI=1S/C23H38O6/c1-6-8-16(9-7-2)19(24)25-20-15(4)18-11-10-14(3)17-12-13-22(5)27-21(26-20)23(17,18)29-28-22/h14-18,20-21H,6-13H2,1-5H3/t14-,15-,17+,18?,20+,21-,22+,23-/m1/s1. The first-order chi connectivity index (χ1) is 13.8. The lowest BCUT2D eigenvalue weighted by atomic mass is 9.58. The summed E-state index contributed by atoms with van der Waals surface area (Å²) in [6.07, 6.45) is 6.43. The average Bonchev–Trinajstić information content (AvgIpc) is 2.91. The van der Waals surface area contributed by atoms with Gasteiger partial charge in [0, 0.05) is 18.3 Å². The normalized spacial score (nSPS) is 46.3. The van der Waals surface area contributed by atoms with Crippen LogP contribution in [-0.2, 0) is 28.8 Å². The lowest BCUT2D eigenvalue weighted by Crippen LogP contribution is -2.70. The molecule has 4 saturated heterocycles. The average molecular weight is 411 g/mol. The molecular weight excluding hydrogens is 372 g/mol. The second-order valence-electron chi connectivity index (χ2n) is 9.98. The summed E-state index contributed by atoms with van der Waals surface area (Å²) in [6, 6.07) is 0. The van der Waals surface area contributed by atoms with E-state index in [2.05, 4.69) is 27.7 Å². The Labute approximate surface area is 174 Å². The van der Waals surface area contributed by atoms with Crippen molar-refractivity contribution in [2.24, 2.45) is 29.6 Å². The molecule has 5 fully saturated rings. The van der Waals surface area contributed by atoms with Crippen LogP contribution in [-0.4, -0.2) is 29.9 Å². The molecule has 5 rings (SSSR count). The Hall–Kier alpha value is -0.690. The van der Waals surface area contributed by atoms with Gasteiger partial charge in [0.1, 0.15) is 0 Å². The predicted molar refractivity (Wildman–Crippen MR) is 106 cm³/mol. The summed E-state index contributed by atoms with van der Waals surface area (Å²) >= 11 is 0. The van der Waals surface area contributed by atoms with Gasteiger partial charge in [0.05, 0.1) is 5.92 Å². The van der Waals surface area contributed by atoms with E-state index in [9.17, 15) is 4.79 Å². The molecule has 1 unspecified atom stereocenters. The van der Waals surface area contributed by atoms with Gasteiger partial charge in [0.2, 0.25) is 12.1 Å². The highest BCUT2D eigenvalue weighted by atomic mass is 17.3. The third kappa shape index (κ3) is 3.54. The molecule has 4 heterocycles. The molecule has 1 spiro atoms. The van der Waals surface area contributed by atoms with E-state index in [1.807, 2.05) is 6.92 Å². The van der Waals surface area contributed by atoms with Gasteiger partial charge < -0.3 is 14.2 Å². The summed E-state index contributed by atoms with van der Waals surface area (Å²) < 4.78 is 18.7. The van der Waals surface area contributed by atoms with Crippen molar-refractivity contribution in [1.29, 1.82) is 0 Å². The van der Waals surface area contributed by atoms with E-state index < -0.39 is 24.0 Å². The van der Waals surface area contributed by atoms with Crippen molar-refractivity contribution in [3.05, 3.63) is 0 Å². The van der Waals surface area contributed by atoms with Crippen molar-refractivity contribution < 1.29 is 28.8 Å². The number of hydrogen-bond donors (Lipinski definition) is 0. The van der Waals surface area contributed by atoms with Crippen molar-refractivity contribution >= 4 is 5.97 Å². The smallest absolute Gasteiger partial charge is 0.311 e. The predicted octanol–water partition coefficient (Wildman–Crippen LogP) is 4.95. The minimum Gasteiger partial charge on any atom is -0.435 e. The van der Waals surface area contributed by atoms with E-state index in [-0.39, 0.29) is 23.7 Å². The Morgan fingerprint density at radius 2 is 1.79 bits per heavy atom. The molecule has 0 amide bonds. The van der Waals surface area contributed by atoms with Crippen LogP contribution in [0.5, 0.6) is 0 Å². The van der Waals surface area contributed by atoms with Crippen molar-refractivity contribution in [1.82, 2.24) is 0 Å². The SMILES string of the molecule is CCCC(CCC)C(=O)O[C@H]1O[C@@H]2O[C@]3(C)CC[C@H]4[C@H](C)CCC([C@H]1C)[C@@]24OO3. The van der Waals surface area contributed by atoms with Crippen LogP contribution in [0.3, 0.4) is 0 Å². The first-order valence-corrected chi connectivity index (χ1v) is 11.7. The summed E-state index contributed by atoms with van der Waals surface area (Å²) in [7, 11) is 0. The van der Waals surface area contributed by atoms with Crippen LogP contribution >= 0.6 is 0 Å². The highest BCUT2D eigenvalue weighted by molar-refractivity contribution is 5.72. The Morgan fingerprint density at radius 1 is 1.07 bits per heavy atom. The maximum absolute atomic E-state index is 12.9. The molecule has 0 N–H and O–H groups in total. The second-order valence-corrected chi connectivity index (χ2v) is 9.98. The maximum atomic E-state index is 12.9. The lowest BCUT2D eigenvalue weighted by Gasteiger charge is -2.60. The highest BCUT2D eigenvalue weighted by Gasteiger charge is 2.69. The second kappa shape index (κ2) is 8.10. The van der Waals surface area contributed by atoms with E-state index in [1.165, 1.54) is 0 Å². The summed E-state index contributed by atoms with van der Waals surface area (Å²) in [5.74, 6) is 0.0586. The molecule has 166 valence electrons. The zero-order chi connectivity index (χ0) is 20.8. The summed E-state index contributed by atoms with van der Waals surface area (Å²) in [6.45, 7) is 10.6. The Morgan fingerprint density at radius 3 is 2.48 bits per heavy atom. The van der Waals surface area contributed by atoms with Crippen molar-refractivity contribution in [2.75, 3.05) is 0 Å². The van der Waals surface area contributed by atoms with E-state index in [0.717, 1.165) is 51.4 Å². The highest BCUT2D eigenvalue weighted by Crippen LogP contribution is 2.60. The fraction of sp³-hybridized carbons (Fsp3) is 0.957. The first kappa shape index (κ1) is 21.5. The minimum atomic E-state index is -0.806. The molecule has 29 heavy (non-hydrogen) atoms. The number of ether oxygens (including phenoxy) is 3. The van der Waals surface area contributed by atoms with Gasteiger partial charge in [-0.1, -0.05) is 40.5 Å². The Balaban J connectivity index is 1.58. The van der Waals surface area contributed by atoms with Gasteiger partial charge in [-0.15, -0.1) is 0 Å². The van der Waals surface area contributed by atoms with Gasteiger partial charge in [0.25, 0.3) is 0 Å². The molecule has 1 saturated carbocycles. The van der Waals surface area contributed by atoms with Gasteiger partial charge in [-0.25, -0.2) is 9.78 Å². The van der Waals surface area contributed by atoms with E-state index in [0.29, 0.717) is 11.8 Å². The van der Waals surface area contributed by atoms with Gasteiger partial charge in [-0.05, 0) is 50.9 Å². The molecule has 1 aliphatic carbocycles. The molecule has 0 aromatic rings. The molecule has 0 aromatic carbocycles. The van der Waals surface area contributed by atoms with Crippen LogP contribution in [0.15, 0.2) is 0 Å². The van der Waals surface area contributed by atoms with Crippen LogP contribution in [0.1, 0.15) is 86.0 Å². The fourth-order valence-electron chi connectivity index (χ4n) is 6.29. The molecule has 4 aliphatic heterocycles. The van der Waals surface area contributed by atoms with Crippen LogP contribution in [0.2, 0.25) is 0 Å². The quantitative estimate of drug-likeness (QED) is 0.456. The largest absolute Gasteiger partial charge is 0.435 e. The molecule has 0 radical (unpaired) electrons. The van der Waals surface area contributed by atoms with Crippen molar-refractivity contribution in [3.63, 3.8) is 0 Å². The minimum absolute atomic E-state index is 0.0313. The molecule has 2 bridgehead atoms. The third-order valence-electron chi connectivity index (χ3n) is 7.94. The molecule has 8 atom stereocenters. The molecular formula is C23H38O6. The van der Waals surface area contributed by atoms with E-state index >= 15 is 0 Å². The summed E-state index contributed by atoms with van der Waals surface area (Å²) in [5.41, 5.74) is -0.609. The van der Waals surface area contributed by atoms with Gasteiger partial charge in [-0.2, -0.15) is 0 Å². The van der Waals surface area contributed by atoms with Crippen LogP contribution in [0, 0.1) is 29.6 Å². The summed E-state index contributed by atoms with van der Waals surface area (Å²) in [5, 5.41) is 0. The number of rotatable bonds is 6. The Bertz CT molecular complexity index is 604. The Kier molecular flexibility index (Phi) is 6.02. The van der Waals surface area contributed by atoms with E-state index in [4.69, 9.17) is 24.0 Å². The number of esters is 1. The van der Waals surface area contributed by atoms with Crippen LogP contribution in [0.25, 0.3) is 0 Å². The summed E-state index contributed by atoms with van der Waals surface area (Å²) in [4.78, 5) is 24.9. The molecule has 6 heteroatoms. The molecule has 6 nitrogen and oxygen atoms in total.